The molecule has 2 rings (SSSR count). The van der Waals surface area contributed by atoms with E-state index in [1.165, 1.54) is 18.6 Å². The number of benzene rings is 1. The van der Waals surface area contributed by atoms with Gasteiger partial charge in [0.15, 0.2) is 0 Å². The molecule has 2 heteroatoms. The SMILES string of the molecule is OC1(Cc2ccc(F)cc2)CCCCC1. The molecule has 0 radical (unpaired) electrons. The van der Waals surface area contributed by atoms with E-state index in [2.05, 4.69) is 0 Å². The van der Waals surface area contributed by atoms with Gasteiger partial charge in [0.1, 0.15) is 5.82 Å². The van der Waals surface area contributed by atoms with Crippen molar-refractivity contribution in [1.29, 1.82) is 0 Å². The highest BCUT2D eigenvalue weighted by atomic mass is 19.1. The molecule has 1 aliphatic rings. The summed E-state index contributed by atoms with van der Waals surface area (Å²) in [6.07, 6.45) is 5.86. The molecule has 0 aromatic heterocycles. The minimum absolute atomic E-state index is 0.214. The van der Waals surface area contributed by atoms with Crippen LogP contribution in [-0.2, 0) is 6.42 Å². The van der Waals surface area contributed by atoms with E-state index < -0.39 is 5.60 Å². The van der Waals surface area contributed by atoms with Crippen LogP contribution < -0.4 is 0 Å². The maximum absolute atomic E-state index is 12.7. The van der Waals surface area contributed by atoms with Crippen molar-refractivity contribution in [3.05, 3.63) is 35.6 Å². The first kappa shape index (κ1) is 10.6. The summed E-state index contributed by atoms with van der Waals surface area (Å²) in [5, 5.41) is 10.3. The van der Waals surface area contributed by atoms with E-state index in [0.717, 1.165) is 31.2 Å². The van der Waals surface area contributed by atoms with Crippen molar-refractivity contribution >= 4 is 0 Å². The quantitative estimate of drug-likeness (QED) is 0.792. The van der Waals surface area contributed by atoms with Gasteiger partial charge in [0, 0.05) is 6.42 Å². The smallest absolute Gasteiger partial charge is 0.123 e. The number of rotatable bonds is 2. The number of hydrogen-bond acceptors (Lipinski definition) is 1. The lowest BCUT2D eigenvalue weighted by Gasteiger charge is -2.32. The van der Waals surface area contributed by atoms with Gasteiger partial charge < -0.3 is 5.11 Å². The molecule has 1 N–H and O–H groups in total. The molecule has 0 spiro atoms. The van der Waals surface area contributed by atoms with Crippen molar-refractivity contribution < 1.29 is 9.50 Å². The van der Waals surface area contributed by atoms with Gasteiger partial charge in [-0.25, -0.2) is 4.39 Å². The summed E-state index contributed by atoms with van der Waals surface area (Å²) in [6, 6.07) is 6.45. The Hall–Kier alpha value is -0.890. The summed E-state index contributed by atoms with van der Waals surface area (Å²) in [4.78, 5) is 0. The lowest BCUT2D eigenvalue weighted by atomic mass is 9.80. The molecule has 15 heavy (non-hydrogen) atoms. The average molecular weight is 208 g/mol. The first-order valence-electron chi connectivity index (χ1n) is 5.65. The van der Waals surface area contributed by atoms with Crippen molar-refractivity contribution in [2.45, 2.75) is 44.1 Å². The van der Waals surface area contributed by atoms with E-state index in [1.807, 2.05) is 0 Å². The van der Waals surface area contributed by atoms with E-state index >= 15 is 0 Å². The second-order valence-corrected chi connectivity index (χ2v) is 4.59. The molecule has 1 aromatic carbocycles. The average Bonchev–Trinajstić information content (AvgIpc) is 2.22. The Morgan fingerprint density at radius 2 is 1.67 bits per heavy atom. The molecular weight excluding hydrogens is 191 g/mol. The Bertz CT molecular complexity index is 312. The van der Waals surface area contributed by atoms with Crippen LogP contribution in [0.5, 0.6) is 0 Å². The second-order valence-electron chi connectivity index (χ2n) is 4.59. The first-order chi connectivity index (χ1) is 7.18. The van der Waals surface area contributed by atoms with Gasteiger partial charge in [0.25, 0.3) is 0 Å². The molecule has 82 valence electrons. The van der Waals surface area contributed by atoms with Crippen LogP contribution in [0.4, 0.5) is 4.39 Å². The van der Waals surface area contributed by atoms with Crippen LogP contribution in [-0.4, -0.2) is 10.7 Å². The number of aliphatic hydroxyl groups is 1. The van der Waals surface area contributed by atoms with Crippen molar-refractivity contribution in [2.24, 2.45) is 0 Å². The summed E-state index contributed by atoms with van der Waals surface area (Å²) in [7, 11) is 0. The second kappa shape index (κ2) is 4.31. The third-order valence-corrected chi connectivity index (χ3v) is 3.23. The molecule has 0 unspecified atom stereocenters. The fourth-order valence-electron chi connectivity index (χ4n) is 2.37. The zero-order valence-corrected chi connectivity index (χ0v) is 8.88. The summed E-state index contributed by atoms with van der Waals surface area (Å²) in [6.45, 7) is 0. The van der Waals surface area contributed by atoms with Gasteiger partial charge in [-0.1, -0.05) is 31.4 Å². The highest BCUT2D eigenvalue weighted by molar-refractivity contribution is 5.18. The minimum atomic E-state index is -0.546. The standard InChI is InChI=1S/C13H17FO/c14-12-6-4-11(5-7-12)10-13(15)8-2-1-3-9-13/h4-7,15H,1-3,8-10H2. The molecular formula is C13H17FO. The van der Waals surface area contributed by atoms with Crippen LogP contribution in [0.25, 0.3) is 0 Å². The summed E-state index contributed by atoms with van der Waals surface area (Å²) >= 11 is 0. The zero-order valence-electron chi connectivity index (χ0n) is 8.88. The van der Waals surface area contributed by atoms with Gasteiger partial charge in [0.05, 0.1) is 5.60 Å². The minimum Gasteiger partial charge on any atom is -0.390 e. The maximum Gasteiger partial charge on any atom is 0.123 e. The Kier molecular flexibility index (Phi) is 3.06. The Morgan fingerprint density at radius 3 is 2.27 bits per heavy atom. The van der Waals surface area contributed by atoms with E-state index in [9.17, 15) is 9.50 Å². The molecule has 0 amide bonds. The molecule has 0 bridgehead atoms. The third kappa shape index (κ3) is 2.78. The molecule has 1 aromatic rings. The van der Waals surface area contributed by atoms with E-state index in [-0.39, 0.29) is 5.82 Å². The van der Waals surface area contributed by atoms with Crippen LogP contribution in [0.2, 0.25) is 0 Å². The van der Waals surface area contributed by atoms with Gasteiger partial charge in [-0.3, -0.25) is 0 Å². The van der Waals surface area contributed by atoms with Gasteiger partial charge in [-0.05, 0) is 30.5 Å². The molecule has 0 aliphatic heterocycles. The van der Waals surface area contributed by atoms with Gasteiger partial charge in [0.2, 0.25) is 0 Å². The number of halogens is 1. The highest BCUT2D eigenvalue weighted by Gasteiger charge is 2.28. The third-order valence-electron chi connectivity index (χ3n) is 3.23. The highest BCUT2D eigenvalue weighted by Crippen LogP contribution is 2.31. The Morgan fingerprint density at radius 1 is 1.07 bits per heavy atom. The first-order valence-corrected chi connectivity index (χ1v) is 5.65. The maximum atomic E-state index is 12.7. The van der Waals surface area contributed by atoms with Crippen LogP contribution >= 0.6 is 0 Å². The van der Waals surface area contributed by atoms with Gasteiger partial charge >= 0.3 is 0 Å². The summed E-state index contributed by atoms with van der Waals surface area (Å²) < 4.78 is 12.7. The van der Waals surface area contributed by atoms with Crippen LogP contribution in [0.15, 0.2) is 24.3 Å². The molecule has 0 atom stereocenters. The Labute approximate surface area is 89.9 Å². The van der Waals surface area contributed by atoms with E-state index in [0.29, 0.717) is 6.42 Å². The fourth-order valence-corrected chi connectivity index (χ4v) is 2.37. The molecule has 1 nitrogen and oxygen atoms in total. The van der Waals surface area contributed by atoms with Crippen molar-refractivity contribution in [1.82, 2.24) is 0 Å². The lowest BCUT2D eigenvalue weighted by Crippen LogP contribution is -2.33. The van der Waals surface area contributed by atoms with Gasteiger partial charge in [-0.2, -0.15) is 0 Å². The topological polar surface area (TPSA) is 20.2 Å². The normalized spacial score (nSPS) is 20.1. The molecule has 1 aliphatic carbocycles. The summed E-state index contributed by atoms with van der Waals surface area (Å²) in [5.41, 5.74) is 0.483. The monoisotopic (exact) mass is 208 g/mol. The predicted molar refractivity (Wildman–Crippen MR) is 58.1 cm³/mol. The van der Waals surface area contributed by atoms with E-state index in [1.54, 1.807) is 12.1 Å². The van der Waals surface area contributed by atoms with Crippen LogP contribution in [0.1, 0.15) is 37.7 Å². The molecule has 1 fully saturated rings. The fraction of sp³-hybridized carbons (Fsp3) is 0.538. The number of hydrogen-bond donors (Lipinski definition) is 1. The van der Waals surface area contributed by atoms with Gasteiger partial charge in [-0.15, -0.1) is 0 Å². The molecule has 1 saturated carbocycles. The summed E-state index contributed by atoms with van der Waals surface area (Å²) in [5.74, 6) is -0.214. The van der Waals surface area contributed by atoms with Crippen LogP contribution in [0, 0.1) is 5.82 Å². The van der Waals surface area contributed by atoms with Crippen molar-refractivity contribution in [3.63, 3.8) is 0 Å². The van der Waals surface area contributed by atoms with E-state index in [4.69, 9.17) is 0 Å². The zero-order chi connectivity index (χ0) is 10.7. The Balaban J connectivity index is 2.03. The molecule has 0 heterocycles. The largest absolute Gasteiger partial charge is 0.390 e. The van der Waals surface area contributed by atoms with Crippen molar-refractivity contribution in [2.75, 3.05) is 0 Å². The predicted octanol–water partition coefficient (Wildman–Crippen LogP) is 3.06. The van der Waals surface area contributed by atoms with Crippen LogP contribution in [0.3, 0.4) is 0 Å². The van der Waals surface area contributed by atoms with Crippen molar-refractivity contribution in [3.8, 4) is 0 Å². The lowest BCUT2D eigenvalue weighted by molar-refractivity contribution is 0.00448. The molecule has 0 saturated heterocycles.